The Morgan fingerprint density at radius 1 is 1.09 bits per heavy atom. The lowest BCUT2D eigenvalue weighted by atomic mass is 10.0. The number of rotatable bonds is 4. The van der Waals surface area contributed by atoms with Crippen LogP contribution < -0.4 is 14.4 Å². The summed E-state index contributed by atoms with van der Waals surface area (Å²) < 4.78 is 62.3. The topological polar surface area (TPSA) is 51.7 Å². The molecule has 1 amide bonds. The van der Waals surface area contributed by atoms with Crippen molar-refractivity contribution in [3.8, 4) is 22.8 Å². The summed E-state index contributed by atoms with van der Waals surface area (Å²) in [6.45, 7) is -0.822. The predicted octanol–water partition coefficient (Wildman–Crippen LogP) is 4.92. The van der Waals surface area contributed by atoms with Crippen molar-refractivity contribution in [1.82, 2.24) is 4.98 Å². The summed E-state index contributed by atoms with van der Waals surface area (Å²) in [6, 6.07) is 10.4. The maximum Gasteiger partial charge on any atom is 0.422 e. The maximum absolute atomic E-state index is 13.8. The zero-order valence-corrected chi connectivity index (χ0v) is 16.6. The van der Waals surface area contributed by atoms with Crippen LogP contribution in [-0.4, -0.2) is 30.3 Å². The number of carbonyl (C=O) groups excluding carboxylic acids is 1. The molecule has 32 heavy (non-hydrogen) atoms. The van der Waals surface area contributed by atoms with Gasteiger partial charge in [0.15, 0.2) is 6.61 Å². The Kier molecular flexibility index (Phi) is 4.76. The summed E-state index contributed by atoms with van der Waals surface area (Å²) >= 11 is 0. The first kappa shape index (κ1) is 20.3. The molecule has 2 aliphatic heterocycles. The molecule has 5 rings (SSSR count). The Morgan fingerprint density at radius 2 is 1.94 bits per heavy atom. The number of hydrogen-bond donors (Lipinski definition) is 0. The van der Waals surface area contributed by atoms with E-state index in [1.165, 1.54) is 12.3 Å². The molecule has 1 aromatic heterocycles. The van der Waals surface area contributed by atoms with Gasteiger partial charge in [-0.25, -0.2) is 4.39 Å². The van der Waals surface area contributed by atoms with E-state index in [4.69, 9.17) is 9.47 Å². The minimum Gasteiger partial charge on any atom is -0.493 e. The molecule has 0 saturated heterocycles. The highest BCUT2D eigenvalue weighted by Crippen LogP contribution is 2.39. The van der Waals surface area contributed by atoms with E-state index in [9.17, 15) is 22.4 Å². The molecular formula is C23H16F4N2O3. The number of halogens is 4. The average molecular weight is 444 g/mol. The van der Waals surface area contributed by atoms with Gasteiger partial charge >= 0.3 is 6.18 Å². The molecule has 0 N–H and O–H groups in total. The van der Waals surface area contributed by atoms with Crippen molar-refractivity contribution in [1.29, 1.82) is 0 Å². The van der Waals surface area contributed by atoms with Crippen molar-refractivity contribution in [2.75, 3.05) is 18.1 Å². The number of benzene rings is 2. The van der Waals surface area contributed by atoms with Crippen LogP contribution in [0, 0.1) is 5.82 Å². The Hall–Kier alpha value is -3.62. The van der Waals surface area contributed by atoms with Gasteiger partial charge in [-0.1, -0.05) is 6.07 Å². The number of aromatic nitrogens is 1. The van der Waals surface area contributed by atoms with Crippen LogP contribution in [0.4, 0.5) is 23.2 Å². The van der Waals surface area contributed by atoms with E-state index in [0.29, 0.717) is 23.4 Å². The van der Waals surface area contributed by atoms with Crippen molar-refractivity contribution in [3.05, 3.63) is 71.2 Å². The summed E-state index contributed by atoms with van der Waals surface area (Å²) in [5.41, 5.74) is 3.07. The predicted molar refractivity (Wildman–Crippen MR) is 107 cm³/mol. The number of carbonyl (C=O) groups is 1. The van der Waals surface area contributed by atoms with Crippen LogP contribution in [0.5, 0.6) is 11.5 Å². The Balaban J connectivity index is 1.53. The number of hydrogen-bond acceptors (Lipinski definition) is 4. The van der Waals surface area contributed by atoms with Crippen LogP contribution in [-0.2, 0) is 13.0 Å². The Labute approximate surface area is 180 Å². The van der Waals surface area contributed by atoms with Crippen molar-refractivity contribution in [2.24, 2.45) is 0 Å². The molecule has 5 nitrogen and oxygen atoms in total. The molecular weight excluding hydrogens is 428 g/mol. The standard InChI is InChI=1S/C23H16F4N2O3/c24-14-2-4-17(20(9-14)32-12-23(25,26)27)21-18-11-29(22(30)16(18)5-7-28-21)15-3-1-13-6-8-31-19(13)10-15/h1-5,7,9-10H,6,8,11-12H2. The number of ether oxygens (including phenoxy) is 2. The fourth-order valence-corrected chi connectivity index (χ4v) is 3.96. The first-order valence-corrected chi connectivity index (χ1v) is 9.85. The molecule has 0 bridgehead atoms. The SMILES string of the molecule is O=C1c2ccnc(-c3ccc(F)cc3OCC(F)(F)F)c2CN1c1ccc2c(c1)OCC2. The monoisotopic (exact) mass is 444 g/mol. The molecule has 0 aliphatic carbocycles. The summed E-state index contributed by atoms with van der Waals surface area (Å²) in [6.07, 6.45) is -2.38. The van der Waals surface area contributed by atoms with Gasteiger partial charge in [-0.3, -0.25) is 9.78 Å². The van der Waals surface area contributed by atoms with Crippen LogP contribution in [0.25, 0.3) is 11.3 Å². The highest BCUT2D eigenvalue weighted by atomic mass is 19.4. The van der Waals surface area contributed by atoms with E-state index in [0.717, 1.165) is 29.9 Å². The second-order valence-corrected chi connectivity index (χ2v) is 7.51. The quantitative estimate of drug-likeness (QED) is 0.536. The molecule has 9 heteroatoms. The van der Waals surface area contributed by atoms with Gasteiger partial charge in [0, 0.05) is 47.1 Å². The van der Waals surface area contributed by atoms with Gasteiger partial charge in [-0.15, -0.1) is 0 Å². The smallest absolute Gasteiger partial charge is 0.422 e. The molecule has 0 radical (unpaired) electrons. The van der Waals surface area contributed by atoms with E-state index in [1.807, 2.05) is 12.1 Å². The number of fused-ring (bicyclic) bond motifs is 2. The number of amides is 1. The number of alkyl halides is 3. The molecule has 0 unspecified atom stereocenters. The van der Waals surface area contributed by atoms with Crippen LogP contribution >= 0.6 is 0 Å². The van der Waals surface area contributed by atoms with Crippen LogP contribution in [0.15, 0.2) is 48.7 Å². The first-order valence-electron chi connectivity index (χ1n) is 9.85. The zero-order chi connectivity index (χ0) is 22.5. The summed E-state index contributed by atoms with van der Waals surface area (Å²) in [5.74, 6) is -0.568. The third-order valence-corrected chi connectivity index (χ3v) is 5.43. The number of nitrogens with zero attached hydrogens (tertiary/aromatic N) is 2. The fourth-order valence-electron chi connectivity index (χ4n) is 3.96. The molecule has 0 spiro atoms. The molecule has 164 valence electrons. The molecule has 3 heterocycles. The molecule has 2 aromatic carbocycles. The normalized spacial score (nSPS) is 14.9. The highest BCUT2D eigenvalue weighted by Gasteiger charge is 2.33. The van der Waals surface area contributed by atoms with Gasteiger partial charge in [-0.05, 0) is 29.8 Å². The van der Waals surface area contributed by atoms with E-state index < -0.39 is 18.6 Å². The molecule has 0 saturated carbocycles. The van der Waals surface area contributed by atoms with E-state index in [2.05, 4.69) is 4.98 Å². The van der Waals surface area contributed by atoms with Gasteiger partial charge in [0.25, 0.3) is 5.91 Å². The van der Waals surface area contributed by atoms with Gasteiger partial charge < -0.3 is 14.4 Å². The fraction of sp³-hybridized carbons (Fsp3) is 0.217. The van der Waals surface area contributed by atoms with E-state index >= 15 is 0 Å². The lowest BCUT2D eigenvalue weighted by molar-refractivity contribution is -0.153. The molecule has 0 atom stereocenters. The summed E-state index contributed by atoms with van der Waals surface area (Å²) in [7, 11) is 0. The lowest BCUT2D eigenvalue weighted by Gasteiger charge is -2.17. The third kappa shape index (κ3) is 3.63. The Bertz CT molecular complexity index is 1230. The summed E-state index contributed by atoms with van der Waals surface area (Å²) in [5, 5.41) is 0. The zero-order valence-electron chi connectivity index (χ0n) is 16.6. The first-order chi connectivity index (χ1) is 15.3. The van der Waals surface area contributed by atoms with Crippen LogP contribution in [0.3, 0.4) is 0 Å². The maximum atomic E-state index is 13.8. The minimum absolute atomic E-state index is 0.159. The van der Waals surface area contributed by atoms with Crippen molar-refractivity contribution < 1.29 is 31.8 Å². The van der Waals surface area contributed by atoms with E-state index in [-0.39, 0.29) is 29.5 Å². The second-order valence-electron chi connectivity index (χ2n) is 7.51. The van der Waals surface area contributed by atoms with Gasteiger partial charge in [0.1, 0.15) is 17.3 Å². The lowest BCUT2D eigenvalue weighted by Crippen LogP contribution is -2.22. The number of anilines is 1. The molecule has 0 fully saturated rings. The molecule has 3 aromatic rings. The van der Waals surface area contributed by atoms with Crippen molar-refractivity contribution in [2.45, 2.75) is 19.1 Å². The average Bonchev–Trinajstić information content (AvgIpc) is 3.36. The number of pyridine rings is 1. The van der Waals surface area contributed by atoms with Crippen molar-refractivity contribution >= 4 is 11.6 Å². The van der Waals surface area contributed by atoms with Gasteiger partial charge in [-0.2, -0.15) is 13.2 Å². The van der Waals surface area contributed by atoms with Crippen LogP contribution in [0.2, 0.25) is 0 Å². The third-order valence-electron chi connectivity index (χ3n) is 5.43. The summed E-state index contributed by atoms with van der Waals surface area (Å²) in [4.78, 5) is 18.9. The highest BCUT2D eigenvalue weighted by molar-refractivity contribution is 6.11. The minimum atomic E-state index is -4.59. The van der Waals surface area contributed by atoms with Crippen LogP contribution in [0.1, 0.15) is 21.5 Å². The molecule has 2 aliphatic rings. The largest absolute Gasteiger partial charge is 0.493 e. The second kappa shape index (κ2) is 7.51. The van der Waals surface area contributed by atoms with Gasteiger partial charge in [0.2, 0.25) is 0 Å². The Morgan fingerprint density at radius 3 is 2.75 bits per heavy atom. The van der Waals surface area contributed by atoms with E-state index in [1.54, 1.807) is 17.0 Å². The van der Waals surface area contributed by atoms with Gasteiger partial charge in [0.05, 0.1) is 18.8 Å². The van der Waals surface area contributed by atoms with Crippen molar-refractivity contribution in [3.63, 3.8) is 0 Å².